The number of nitrogens with zero attached hydrogens (tertiary/aromatic N) is 1. The lowest BCUT2D eigenvalue weighted by atomic mass is 10.0. The van der Waals surface area contributed by atoms with Crippen LogP contribution in [0.4, 0.5) is 13.2 Å². The lowest BCUT2D eigenvalue weighted by molar-refractivity contribution is -0.141. The van der Waals surface area contributed by atoms with E-state index in [1.807, 2.05) is 13.8 Å². The maximum Gasteiger partial charge on any atom is 0.433 e. The van der Waals surface area contributed by atoms with E-state index in [2.05, 4.69) is 4.98 Å². The Kier molecular flexibility index (Phi) is 4.69. The van der Waals surface area contributed by atoms with Gasteiger partial charge in [-0.1, -0.05) is 19.9 Å². The standard InChI is InChI=1S/C13H14F3NO2/c1-8(2)7-10-9(4-6-12(18)19)3-5-11(17-10)13(14,15)16/h3-6,8H,7H2,1-2H3,(H,18,19)/b6-4+. The Hall–Kier alpha value is -1.85. The van der Waals surface area contributed by atoms with Gasteiger partial charge in [-0.25, -0.2) is 9.78 Å². The lowest BCUT2D eigenvalue weighted by Crippen LogP contribution is -2.11. The van der Waals surface area contributed by atoms with Gasteiger partial charge in [0.1, 0.15) is 5.69 Å². The Labute approximate surface area is 108 Å². The molecular weight excluding hydrogens is 259 g/mol. The van der Waals surface area contributed by atoms with Crippen LogP contribution in [-0.4, -0.2) is 16.1 Å². The summed E-state index contributed by atoms with van der Waals surface area (Å²) in [5, 5.41) is 8.54. The van der Waals surface area contributed by atoms with Crippen LogP contribution in [0.1, 0.15) is 30.8 Å². The summed E-state index contributed by atoms with van der Waals surface area (Å²) in [6.07, 6.45) is -2.01. The molecule has 3 nitrogen and oxygen atoms in total. The van der Waals surface area contributed by atoms with Gasteiger partial charge in [-0.2, -0.15) is 13.2 Å². The fourth-order valence-electron chi connectivity index (χ4n) is 1.53. The van der Waals surface area contributed by atoms with E-state index in [0.29, 0.717) is 12.0 Å². The van der Waals surface area contributed by atoms with Crippen molar-refractivity contribution in [1.82, 2.24) is 4.98 Å². The number of aliphatic carboxylic acids is 1. The largest absolute Gasteiger partial charge is 0.478 e. The molecule has 1 aromatic rings. The molecule has 0 amide bonds. The van der Waals surface area contributed by atoms with Gasteiger partial charge in [-0.15, -0.1) is 0 Å². The van der Waals surface area contributed by atoms with Crippen molar-refractivity contribution in [2.75, 3.05) is 0 Å². The summed E-state index contributed by atoms with van der Waals surface area (Å²) >= 11 is 0. The number of carbonyl (C=O) groups is 1. The third kappa shape index (κ3) is 4.73. The van der Waals surface area contributed by atoms with Crippen LogP contribution in [0, 0.1) is 5.92 Å². The van der Waals surface area contributed by atoms with Crippen LogP contribution in [0.25, 0.3) is 6.08 Å². The lowest BCUT2D eigenvalue weighted by Gasteiger charge is -2.12. The summed E-state index contributed by atoms with van der Waals surface area (Å²) in [4.78, 5) is 14.0. The molecule has 0 aliphatic rings. The van der Waals surface area contributed by atoms with E-state index in [4.69, 9.17) is 5.11 Å². The van der Waals surface area contributed by atoms with Crippen LogP contribution in [0.15, 0.2) is 18.2 Å². The van der Waals surface area contributed by atoms with Gasteiger partial charge >= 0.3 is 12.1 Å². The van der Waals surface area contributed by atoms with Crippen LogP contribution >= 0.6 is 0 Å². The number of alkyl halides is 3. The highest BCUT2D eigenvalue weighted by molar-refractivity contribution is 5.85. The molecule has 19 heavy (non-hydrogen) atoms. The van der Waals surface area contributed by atoms with Gasteiger partial charge in [0.25, 0.3) is 0 Å². The third-order valence-electron chi connectivity index (χ3n) is 2.31. The highest BCUT2D eigenvalue weighted by Crippen LogP contribution is 2.29. The Bertz CT molecular complexity index is 493. The Balaban J connectivity index is 3.20. The highest BCUT2D eigenvalue weighted by Gasteiger charge is 2.32. The van der Waals surface area contributed by atoms with Gasteiger partial charge in [-0.3, -0.25) is 0 Å². The molecule has 0 bridgehead atoms. The first kappa shape index (κ1) is 15.2. The minimum atomic E-state index is -4.50. The van der Waals surface area contributed by atoms with Crippen LogP contribution in [0.3, 0.4) is 0 Å². The SMILES string of the molecule is CC(C)Cc1nc(C(F)(F)F)ccc1/C=C/C(=O)O. The molecule has 1 N–H and O–H groups in total. The number of rotatable bonds is 4. The molecule has 0 spiro atoms. The van der Waals surface area contributed by atoms with Crippen LogP contribution < -0.4 is 0 Å². The van der Waals surface area contributed by atoms with E-state index in [9.17, 15) is 18.0 Å². The second kappa shape index (κ2) is 5.86. The van der Waals surface area contributed by atoms with Crippen LogP contribution in [0.5, 0.6) is 0 Å². The molecule has 6 heteroatoms. The zero-order chi connectivity index (χ0) is 14.6. The minimum Gasteiger partial charge on any atom is -0.478 e. The second-order valence-corrected chi connectivity index (χ2v) is 4.50. The monoisotopic (exact) mass is 273 g/mol. The summed E-state index contributed by atoms with van der Waals surface area (Å²) in [5.41, 5.74) is -0.318. The molecule has 104 valence electrons. The van der Waals surface area contributed by atoms with Crippen molar-refractivity contribution in [3.63, 3.8) is 0 Å². The molecule has 0 aromatic carbocycles. The van der Waals surface area contributed by atoms with Gasteiger partial charge in [0, 0.05) is 11.8 Å². The van der Waals surface area contributed by atoms with E-state index < -0.39 is 17.8 Å². The van der Waals surface area contributed by atoms with Gasteiger partial charge in [0.2, 0.25) is 0 Å². The molecule has 0 saturated heterocycles. The van der Waals surface area contributed by atoms with E-state index in [0.717, 1.165) is 12.1 Å². The summed E-state index contributed by atoms with van der Waals surface area (Å²) in [7, 11) is 0. The van der Waals surface area contributed by atoms with Crippen molar-refractivity contribution in [2.45, 2.75) is 26.4 Å². The predicted octanol–water partition coefficient (Wildman–Crippen LogP) is 3.40. The van der Waals surface area contributed by atoms with Crippen LogP contribution in [0.2, 0.25) is 0 Å². The maximum absolute atomic E-state index is 12.6. The molecule has 1 aromatic heterocycles. The van der Waals surface area contributed by atoms with E-state index in [-0.39, 0.29) is 11.6 Å². The molecule has 1 heterocycles. The first-order valence-corrected chi connectivity index (χ1v) is 5.68. The molecule has 0 aliphatic carbocycles. The summed E-state index contributed by atoms with van der Waals surface area (Å²) in [5.74, 6) is -1.04. The summed E-state index contributed by atoms with van der Waals surface area (Å²) in [6, 6.07) is 2.10. The first-order chi connectivity index (χ1) is 8.70. The number of pyridine rings is 1. The van der Waals surface area contributed by atoms with Crippen molar-refractivity contribution in [1.29, 1.82) is 0 Å². The third-order valence-corrected chi connectivity index (χ3v) is 2.31. The topological polar surface area (TPSA) is 50.2 Å². The van der Waals surface area contributed by atoms with Crippen LogP contribution in [-0.2, 0) is 17.4 Å². The number of aromatic nitrogens is 1. The number of hydrogen-bond donors (Lipinski definition) is 1. The van der Waals surface area contributed by atoms with Crippen molar-refractivity contribution in [2.24, 2.45) is 5.92 Å². The van der Waals surface area contributed by atoms with Crippen molar-refractivity contribution in [3.8, 4) is 0 Å². The quantitative estimate of drug-likeness (QED) is 0.855. The normalized spacial score (nSPS) is 12.3. The van der Waals surface area contributed by atoms with Gasteiger partial charge in [0.05, 0.1) is 0 Å². The van der Waals surface area contributed by atoms with Gasteiger partial charge in [-0.05, 0) is 30.0 Å². The zero-order valence-electron chi connectivity index (χ0n) is 10.5. The summed E-state index contributed by atoms with van der Waals surface area (Å²) in [6.45, 7) is 3.71. The minimum absolute atomic E-state index is 0.118. The van der Waals surface area contributed by atoms with Crippen molar-refractivity contribution in [3.05, 3.63) is 35.2 Å². The van der Waals surface area contributed by atoms with Crippen molar-refractivity contribution < 1.29 is 23.1 Å². The molecular formula is C13H14F3NO2. The van der Waals surface area contributed by atoms with Crippen molar-refractivity contribution >= 4 is 12.0 Å². The molecule has 0 fully saturated rings. The second-order valence-electron chi connectivity index (χ2n) is 4.50. The molecule has 0 saturated carbocycles. The van der Waals surface area contributed by atoms with E-state index in [1.165, 1.54) is 12.1 Å². The summed E-state index contributed by atoms with van der Waals surface area (Å²) < 4.78 is 37.7. The number of halogens is 3. The fourth-order valence-corrected chi connectivity index (χ4v) is 1.53. The highest BCUT2D eigenvalue weighted by atomic mass is 19.4. The van der Waals surface area contributed by atoms with E-state index in [1.54, 1.807) is 0 Å². The first-order valence-electron chi connectivity index (χ1n) is 5.68. The average Bonchev–Trinajstić information content (AvgIpc) is 2.25. The Morgan fingerprint density at radius 2 is 2.05 bits per heavy atom. The molecule has 1 rings (SSSR count). The van der Waals surface area contributed by atoms with Gasteiger partial charge in [0.15, 0.2) is 0 Å². The molecule has 0 unspecified atom stereocenters. The smallest absolute Gasteiger partial charge is 0.433 e. The number of carboxylic acids is 1. The molecule has 0 radical (unpaired) electrons. The number of hydrogen-bond acceptors (Lipinski definition) is 2. The Morgan fingerprint density at radius 3 is 2.53 bits per heavy atom. The van der Waals surface area contributed by atoms with Gasteiger partial charge < -0.3 is 5.11 Å². The fraction of sp³-hybridized carbons (Fsp3) is 0.385. The van der Waals surface area contributed by atoms with E-state index >= 15 is 0 Å². The zero-order valence-corrected chi connectivity index (χ0v) is 10.5. The maximum atomic E-state index is 12.6. The predicted molar refractivity (Wildman–Crippen MR) is 64.5 cm³/mol. The molecule has 0 aliphatic heterocycles. The molecule has 0 atom stereocenters. The number of carboxylic acid groups (broad SMARTS) is 1. The Morgan fingerprint density at radius 1 is 1.42 bits per heavy atom. The average molecular weight is 273 g/mol.